The summed E-state index contributed by atoms with van der Waals surface area (Å²) in [6.45, 7) is 3.38. The van der Waals surface area contributed by atoms with E-state index in [4.69, 9.17) is 28.3 Å². The molecule has 0 aromatic heterocycles. The standard InChI is InChI=1S/C11H11Cl2NO3/c1-5(2)10(15)14-9-7(13)4-3-6(12)8(9)11(16)17/h3-5H,1-2H3,(H,14,15)(H,16,17). The van der Waals surface area contributed by atoms with Crippen LogP contribution in [-0.2, 0) is 4.79 Å². The Morgan fingerprint density at radius 3 is 2.24 bits per heavy atom. The lowest BCUT2D eigenvalue weighted by molar-refractivity contribution is -0.118. The summed E-state index contributed by atoms with van der Waals surface area (Å²) in [5, 5.41) is 11.7. The molecule has 1 aromatic carbocycles. The Balaban J connectivity index is 3.26. The zero-order chi connectivity index (χ0) is 13.2. The first-order valence-corrected chi connectivity index (χ1v) is 5.62. The van der Waals surface area contributed by atoms with E-state index in [1.54, 1.807) is 13.8 Å². The fourth-order valence-corrected chi connectivity index (χ4v) is 1.59. The number of carboxylic acid groups (broad SMARTS) is 1. The molecule has 1 aromatic rings. The molecule has 0 bridgehead atoms. The second kappa shape index (κ2) is 5.38. The van der Waals surface area contributed by atoms with E-state index in [1.165, 1.54) is 12.1 Å². The highest BCUT2D eigenvalue weighted by Gasteiger charge is 2.20. The molecule has 1 rings (SSSR count). The highest BCUT2D eigenvalue weighted by molar-refractivity contribution is 6.38. The van der Waals surface area contributed by atoms with E-state index < -0.39 is 5.97 Å². The number of hydrogen-bond acceptors (Lipinski definition) is 2. The molecule has 0 radical (unpaired) electrons. The predicted octanol–water partition coefficient (Wildman–Crippen LogP) is 3.29. The van der Waals surface area contributed by atoms with Crippen LogP contribution in [0.1, 0.15) is 24.2 Å². The van der Waals surface area contributed by atoms with Crippen LogP contribution in [0.2, 0.25) is 10.0 Å². The zero-order valence-corrected chi connectivity index (χ0v) is 10.8. The maximum absolute atomic E-state index is 11.5. The Bertz CT molecular complexity index is 472. The first-order chi connectivity index (χ1) is 7.84. The van der Waals surface area contributed by atoms with E-state index in [9.17, 15) is 9.59 Å². The summed E-state index contributed by atoms with van der Waals surface area (Å²) >= 11 is 11.6. The van der Waals surface area contributed by atoms with Crippen molar-refractivity contribution >= 4 is 40.8 Å². The minimum Gasteiger partial charge on any atom is -0.478 e. The third-order valence-electron chi connectivity index (χ3n) is 2.09. The molecule has 0 spiro atoms. The lowest BCUT2D eigenvalue weighted by Crippen LogP contribution is -2.20. The van der Waals surface area contributed by atoms with Crippen molar-refractivity contribution in [1.29, 1.82) is 0 Å². The summed E-state index contributed by atoms with van der Waals surface area (Å²) in [5.74, 6) is -1.85. The van der Waals surface area contributed by atoms with Crippen molar-refractivity contribution in [1.82, 2.24) is 0 Å². The monoisotopic (exact) mass is 275 g/mol. The van der Waals surface area contributed by atoms with Gasteiger partial charge in [0.2, 0.25) is 5.91 Å². The SMILES string of the molecule is CC(C)C(=O)Nc1c(Cl)ccc(Cl)c1C(=O)O. The average Bonchev–Trinajstić information content (AvgIpc) is 2.22. The van der Waals surface area contributed by atoms with E-state index in [0.29, 0.717) is 0 Å². The van der Waals surface area contributed by atoms with Crippen molar-refractivity contribution < 1.29 is 14.7 Å². The van der Waals surface area contributed by atoms with E-state index in [0.717, 1.165) is 0 Å². The molecule has 0 unspecified atom stereocenters. The van der Waals surface area contributed by atoms with Crippen LogP contribution in [0.3, 0.4) is 0 Å². The normalized spacial score (nSPS) is 10.4. The van der Waals surface area contributed by atoms with Crippen LogP contribution in [0.4, 0.5) is 5.69 Å². The number of nitrogens with one attached hydrogen (secondary N) is 1. The summed E-state index contributed by atoms with van der Waals surface area (Å²) in [6, 6.07) is 2.81. The van der Waals surface area contributed by atoms with Gasteiger partial charge in [-0.2, -0.15) is 0 Å². The fraction of sp³-hybridized carbons (Fsp3) is 0.273. The summed E-state index contributed by atoms with van der Waals surface area (Å²) in [4.78, 5) is 22.6. The number of carboxylic acids is 1. The van der Waals surface area contributed by atoms with Gasteiger partial charge < -0.3 is 10.4 Å². The van der Waals surface area contributed by atoms with Crippen LogP contribution in [-0.4, -0.2) is 17.0 Å². The summed E-state index contributed by atoms with van der Waals surface area (Å²) in [5.41, 5.74) is -0.168. The molecule has 2 N–H and O–H groups in total. The lowest BCUT2D eigenvalue weighted by atomic mass is 10.1. The maximum Gasteiger partial charge on any atom is 0.339 e. The number of aromatic carboxylic acids is 1. The zero-order valence-electron chi connectivity index (χ0n) is 9.25. The maximum atomic E-state index is 11.5. The van der Waals surface area contributed by atoms with Gasteiger partial charge in [0.15, 0.2) is 0 Å². The first kappa shape index (κ1) is 13.8. The molecular formula is C11H11Cl2NO3. The third-order valence-corrected chi connectivity index (χ3v) is 2.72. The first-order valence-electron chi connectivity index (χ1n) is 4.86. The molecule has 0 atom stereocenters. The van der Waals surface area contributed by atoms with Crippen LogP contribution < -0.4 is 5.32 Å². The number of amides is 1. The molecular weight excluding hydrogens is 265 g/mol. The minimum atomic E-state index is -1.24. The van der Waals surface area contributed by atoms with Gasteiger partial charge in [0.25, 0.3) is 0 Å². The number of rotatable bonds is 3. The van der Waals surface area contributed by atoms with Crippen LogP contribution >= 0.6 is 23.2 Å². The minimum absolute atomic E-state index is 0.0287. The largest absolute Gasteiger partial charge is 0.478 e. The quantitative estimate of drug-likeness (QED) is 0.890. The molecule has 0 fully saturated rings. The van der Waals surface area contributed by atoms with Crippen molar-refractivity contribution in [3.63, 3.8) is 0 Å². The van der Waals surface area contributed by atoms with Crippen LogP contribution in [0.25, 0.3) is 0 Å². The number of hydrogen-bond donors (Lipinski definition) is 2. The molecule has 0 aliphatic rings. The molecule has 92 valence electrons. The van der Waals surface area contributed by atoms with Crippen molar-refractivity contribution in [3.8, 4) is 0 Å². The molecule has 1 amide bonds. The van der Waals surface area contributed by atoms with Crippen LogP contribution in [0.5, 0.6) is 0 Å². The van der Waals surface area contributed by atoms with Gasteiger partial charge in [-0.3, -0.25) is 4.79 Å². The topological polar surface area (TPSA) is 66.4 Å². The van der Waals surface area contributed by atoms with E-state index >= 15 is 0 Å². The van der Waals surface area contributed by atoms with Crippen molar-refractivity contribution in [2.24, 2.45) is 5.92 Å². The van der Waals surface area contributed by atoms with E-state index in [2.05, 4.69) is 5.32 Å². The summed E-state index contributed by atoms with van der Waals surface area (Å²) in [6.07, 6.45) is 0. The van der Waals surface area contributed by atoms with Gasteiger partial charge in [-0.05, 0) is 12.1 Å². The van der Waals surface area contributed by atoms with Gasteiger partial charge in [-0.25, -0.2) is 4.79 Å². The number of benzene rings is 1. The van der Waals surface area contributed by atoms with E-state index in [-0.39, 0.29) is 33.1 Å². The highest BCUT2D eigenvalue weighted by Crippen LogP contribution is 2.32. The van der Waals surface area contributed by atoms with Crippen molar-refractivity contribution in [3.05, 3.63) is 27.7 Å². The molecule has 6 heteroatoms. The van der Waals surface area contributed by atoms with Gasteiger partial charge in [0.1, 0.15) is 5.56 Å². The number of anilines is 1. The molecule has 0 aliphatic carbocycles. The second-order valence-corrected chi connectivity index (χ2v) is 4.54. The molecule has 0 saturated heterocycles. The lowest BCUT2D eigenvalue weighted by Gasteiger charge is -2.13. The van der Waals surface area contributed by atoms with Crippen LogP contribution in [0, 0.1) is 5.92 Å². The summed E-state index contributed by atoms with van der Waals surface area (Å²) < 4.78 is 0. The van der Waals surface area contributed by atoms with E-state index in [1.807, 2.05) is 0 Å². The Labute approximate surface area is 109 Å². The smallest absolute Gasteiger partial charge is 0.339 e. The fourth-order valence-electron chi connectivity index (χ4n) is 1.15. The van der Waals surface area contributed by atoms with Gasteiger partial charge >= 0.3 is 5.97 Å². The predicted molar refractivity (Wildman–Crippen MR) is 66.9 cm³/mol. The molecule has 0 aliphatic heterocycles. The number of halogens is 2. The van der Waals surface area contributed by atoms with Gasteiger partial charge in [-0.1, -0.05) is 37.0 Å². The number of carbonyl (C=O) groups is 2. The van der Waals surface area contributed by atoms with Crippen LogP contribution in [0.15, 0.2) is 12.1 Å². The molecule has 17 heavy (non-hydrogen) atoms. The molecule has 4 nitrogen and oxygen atoms in total. The van der Waals surface area contributed by atoms with Gasteiger partial charge in [0, 0.05) is 5.92 Å². The van der Waals surface area contributed by atoms with Gasteiger partial charge in [-0.15, -0.1) is 0 Å². The van der Waals surface area contributed by atoms with Crippen molar-refractivity contribution in [2.75, 3.05) is 5.32 Å². The second-order valence-electron chi connectivity index (χ2n) is 3.73. The third kappa shape index (κ3) is 3.11. The average molecular weight is 276 g/mol. The van der Waals surface area contributed by atoms with Gasteiger partial charge in [0.05, 0.1) is 15.7 Å². The Morgan fingerprint density at radius 2 is 1.76 bits per heavy atom. The number of carbonyl (C=O) groups excluding carboxylic acids is 1. The Kier molecular flexibility index (Phi) is 4.37. The Morgan fingerprint density at radius 1 is 1.24 bits per heavy atom. The highest BCUT2D eigenvalue weighted by atomic mass is 35.5. The molecule has 0 heterocycles. The molecule has 0 saturated carbocycles. The summed E-state index contributed by atoms with van der Waals surface area (Å²) in [7, 11) is 0. The van der Waals surface area contributed by atoms with Crippen molar-refractivity contribution in [2.45, 2.75) is 13.8 Å². The Hall–Kier alpha value is -1.26.